The van der Waals surface area contributed by atoms with Crippen LogP contribution in [0.1, 0.15) is 31.1 Å². The van der Waals surface area contributed by atoms with E-state index in [2.05, 4.69) is 15.5 Å². The molecule has 0 radical (unpaired) electrons. The van der Waals surface area contributed by atoms with E-state index in [9.17, 15) is 9.59 Å². The maximum atomic E-state index is 12.5. The summed E-state index contributed by atoms with van der Waals surface area (Å²) in [7, 11) is 0. The number of nitrogens with one attached hydrogen (secondary N) is 1. The number of hydrogen-bond acceptors (Lipinski definition) is 6. The van der Waals surface area contributed by atoms with Gasteiger partial charge in [0.2, 0.25) is 5.91 Å². The summed E-state index contributed by atoms with van der Waals surface area (Å²) in [6, 6.07) is 10.5. The summed E-state index contributed by atoms with van der Waals surface area (Å²) in [4.78, 5) is 24.0. The topological polar surface area (TPSA) is 90.0 Å². The van der Waals surface area contributed by atoms with E-state index in [1.54, 1.807) is 43.5 Å². The van der Waals surface area contributed by atoms with E-state index in [0.29, 0.717) is 34.5 Å². The van der Waals surface area contributed by atoms with Gasteiger partial charge in [-0.05, 0) is 45.0 Å². The van der Waals surface area contributed by atoms with Crippen molar-refractivity contribution in [3.05, 3.63) is 48.2 Å². The van der Waals surface area contributed by atoms with Gasteiger partial charge in [-0.3, -0.25) is 14.2 Å². The van der Waals surface area contributed by atoms with E-state index in [1.807, 2.05) is 17.6 Å². The predicted molar refractivity (Wildman–Crippen MR) is 104 cm³/mol. The quantitative estimate of drug-likeness (QED) is 0.491. The largest absolute Gasteiger partial charge is 0.461 e. The molecule has 0 aliphatic carbocycles. The van der Waals surface area contributed by atoms with Gasteiger partial charge in [0.25, 0.3) is 0 Å². The van der Waals surface area contributed by atoms with Crippen LogP contribution in [-0.2, 0) is 11.3 Å². The van der Waals surface area contributed by atoms with Gasteiger partial charge >= 0.3 is 0 Å². The van der Waals surface area contributed by atoms with E-state index in [1.165, 1.54) is 18.7 Å². The van der Waals surface area contributed by atoms with Crippen molar-refractivity contribution >= 4 is 29.1 Å². The van der Waals surface area contributed by atoms with Crippen LogP contribution in [0, 0.1) is 0 Å². The lowest BCUT2D eigenvalue weighted by molar-refractivity contribution is -0.115. The van der Waals surface area contributed by atoms with Crippen molar-refractivity contribution < 1.29 is 14.0 Å². The molecule has 140 valence electrons. The monoisotopic (exact) mass is 384 g/mol. The molecule has 0 aliphatic heterocycles. The highest BCUT2D eigenvalue weighted by Crippen LogP contribution is 2.27. The first-order valence-corrected chi connectivity index (χ1v) is 9.43. The molecular formula is C19H20N4O3S. The summed E-state index contributed by atoms with van der Waals surface area (Å²) >= 11 is 1.32. The molecule has 0 bridgehead atoms. The SMILES string of the molecule is CCn1c(SC(C)C(=O)Nc2cccc(C(C)=O)c2)nnc1-c1ccco1. The predicted octanol–water partition coefficient (Wildman–Crippen LogP) is 3.88. The minimum absolute atomic E-state index is 0.0463. The third kappa shape index (κ3) is 4.28. The molecule has 0 saturated carbocycles. The molecule has 3 aromatic rings. The number of Topliss-reactive ketones (excluding diaryl/α,β-unsaturated/α-hetero) is 1. The minimum Gasteiger partial charge on any atom is -0.461 e. The number of benzene rings is 1. The van der Waals surface area contributed by atoms with E-state index in [0.717, 1.165) is 0 Å². The highest BCUT2D eigenvalue weighted by Gasteiger charge is 2.21. The summed E-state index contributed by atoms with van der Waals surface area (Å²) in [5.74, 6) is 1.04. The first kappa shape index (κ1) is 18.9. The normalized spacial score (nSPS) is 12.0. The van der Waals surface area contributed by atoms with Crippen molar-refractivity contribution in [3.8, 4) is 11.6 Å². The Hall–Kier alpha value is -2.87. The standard InChI is InChI=1S/C19H20N4O3S/c1-4-23-17(16-9-6-10-26-16)21-22-19(23)27-13(3)18(25)20-15-8-5-7-14(11-15)12(2)24/h5-11,13H,4H2,1-3H3,(H,20,25). The fourth-order valence-corrected chi connectivity index (χ4v) is 3.43. The number of anilines is 1. The van der Waals surface area contributed by atoms with E-state index in [4.69, 9.17) is 4.42 Å². The number of aromatic nitrogens is 3. The van der Waals surface area contributed by atoms with Gasteiger partial charge in [-0.1, -0.05) is 23.9 Å². The highest BCUT2D eigenvalue weighted by molar-refractivity contribution is 8.00. The second kappa shape index (κ2) is 8.22. The third-order valence-electron chi connectivity index (χ3n) is 3.96. The summed E-state index contributed by atoms with van der Waals surface area (Å²) in [6.45, 7) is 5.93. The third-order valence-corrected chi connectivity index (χ3v) is 5.04. The van der Waals surface area contributed by atoms with Gasteiger partial charge < -0.3 is 9.73 Å². The Kier molecular flexibility index (Phi) is 5.75. The Morgan fingerprint density at radius 1 is 1.26 bits per heavy atom. The smallest absolute Gasteiger partial charge is 0.237 e. The molecule has 8 heteroatoms. The number of hydrogen-bond donors (Lipinski definition) is 1. The number of amides is 1. The summed E-state index contributed by atoms with van der Waals surface area (Å²) < 4.78 is 7.30. The lowest BCUT2D eigenvalue weighted by atomic mass is 10.1. The fourth-order valence-electron chi connectivity index (χ4n) is 2.52. The van der Waals surface area contributed by atoms with Gasteiger partial charge in [0.1, 0.15) is 0 Å². The highest BCUT2D eigenvalue weighted by atomic mass is 32.2. The van der Waals surface area contributed by atoms with Crippen molar-refractivity contribution in [1.82, 2.24) is 14.8 Å². The van der Waals surface area contributed by atoms with Crippen LogP contribution in [0.4, 0.5) is 5.69 Å². The van der Waals surface area contributed by atoms with Crippen LogP contribution in [0.5, 0.6) is 0 Å². The molecule has 1 amide bonds. The molecule has 1 N–H and O–H groups in total. The Morgan fingerprint density at radius 3 is 2.74 bits per heavy atom. The van der Waals surface area contributed by atoms with Crippen molar-refractivity contribution in [3.63, 3.8) is 0 Å². The van der Waals surface area contributed by atoms with Crippen LogP contribution < -0.4 is 5.32 Å². The molecule has 1 atom stereocenters. The van der Waals surface area contributed by atoms with Crippen LogP contribution in [0.15, 0.2) is 52.2 Å². The molecule has 7 nitrogen and oxygen atoms in total. The van der Waals surface area contributed by atoms with Crippen LogP contribution in [0.3, 0.4) is 0 Å². The molecule has 2 heterocycles. The van der Waals surface area contributed by atoms with Gasteiger partial charge in [0.15, 0.2) is 22.5 Å². The second-order valence-corrected chi connectivity index (χ2v) is 7.22. The number of furan rings is 1. The first-order chi connectivity index (χ1) is 13.0. The van der Waals surface area contributed by atoms with Crippen molar-refractivity contribution in [2.45, 2.75) is 37.7 Å². The Bertz CT molecular complexity index is 950. The first-order valence-electron chi connectivity index (χ1n) is 8.55. The summed E-state index contributed by atoms with van der Waals surface area (Å²) in [6.07, 6.45) is 1.59. The zero-order valence-electron chi connectivity index (χ0n) is 15.3. The number of thioether (sulfide) groups is 1. The van der Waals surface area contributed by atoms with Gasteiger partial charge in [-0.15, -0.1) is 10.2 Å². The second-order valence-electron chi connectivity index (χ2n) is 5.91. The fraction of sp³-hybridized carbons (Fsp3) is 0.263. The van der Waals surface area contributed by atoms with E-state index in [-0.39, 0.29) is 11.7 Å². The molecule has 0 aliphatic rings. The lowest BCUT2D eigenvalue weighted by Gasteiger charge is -2.13. The van der Waals surface area contributed by atoms with Crippen LogP contribution in [0.2, 0.25) is 0 Å². The zero-order chi connectivity index (χ0) is 19.4. The maximum absolute atomic E-state index is 12.5. The lowest BCUT2D eigenvalue weighted by Crippen LogP contribution is -2.23. The summed E-state index contributed by atoms with van der Waals surface area (Å²) in [5.41, 5.74) is 1.15. The van der Waals surface area contributed by atoms with Crippen LogP contribution in [-0.4, -0.2) is 31.7 Å². The number of carbonyl (C=O) groups is 2. The van der Waals surface area contributed by atoms with Gasteiger partial charge in [-0.2, -0.15) is 0 Å². The van der Waals surface area contributed by atoms with Crippen molar-refractivity contribution in [1.29, 1.82) is 0 Å². The minimum atomic E-state index is -0.398. The van der Waals surface area contributed by atoms with Crippen molar-refractivity contribution in [2.24, 2.45) is 0 Å². The molecule has 0 fully saturated rings. The summed E-state index contributed by atoms with van der Waals surface area (Å²) in [5, 5.41) is 11.5. The molecule has 0 saturated heterocycles. The van der Waals surface area contributed by atoms with E-state index < -0.39 is 5.25 Å². The number of ketones is 1. The molecule has 3 rings (SSSR count). The molecule has 2 aromatic heterocycles. The Balaban J connectivity index is 1.72. The molecular weight excluding hydrogens is 364 g/mol. The van der Waals surface area contributed by atoms with Crippen LogP contribution >= 0.6 is 11.8 Å². The number of nitrogens with zero attached hydrogens (tertiary/aromatic N) is 3. The Morgan fingerprint density at radius 2 is 2.07 bits per heavy atom. The average molecular weight is 384 g/mol. The average Bonchev–Trinajstić information content (AvgIpc) is 3.31. The molecule has 27 heavy (non-hydrogen) atoms. The van der Waals surface area contributed by atoms with Gasteiger partial charge in [0.05, 0.1) is 11.5 Å². The van der Waals surface area contributed by atoms with Crippen LogP contribution in [0.25, 0.3) is 11.6 Å². The molecule has 1 unspecified atom stereocenters. The zero-order valence-corrected chi connectivity index (χ0v) is 16.1. The number of rotatable bonds is 7. The van der Waals surface area contributed by atoms with Gasteiger partial charge in [-0.25, -0.2) is 0 Å². The van der Waals surface area contributed by atoms with Gasteiger partial charge in [0, 0.05) is 17.8 Å². The number of carbonyl (C=O) groups excluding carboxylic acids is 2. The molecule has 1 aromatic carbocycles. The molecule has 0 spiro atoms. The van der Waals surface area contributed by atoms with Crippen molar-refractivity contribution in [2.75, 3.05) is 5.32 Å². The maximum Gasteiger partial charge on any atom is 0.237 e. The Labute approximate surface area is 161 Å². The van der Waals surface area contributed by atoms with E-state index >= 15 is 0 Å².